The highest BCUT2D eigenvalue weighted by molar-refractivity contribution is 7.86. The molecule has 0 saturated carbocycles. The van der Waals surface area contributed by atoms with Crippen LogP contribution in [0.3, 0.4) is 0 Å². The highest BCUT2D eigenvalue weighted by Crippen LogP contribution is 2.40. The molecule has 3 rings (SSSR count). The molecule has 1 saturated heterocycles. The minimum Gasteiger partial charge on any atom is -0.373 e. The maximum atomic E-state index is 11.9. The molecule has 0 spiro atoms. The molecule has 0 aromatic heterocycles. The Kier molecular flexibility index (Phi) is 6.15. The lowest BCUT2D eigenvalue weighted by Crippen LogP contribution is -2.58. The van der Waals surface area contributed by atoms with Gasteiger partial charge in [0.2, 0.25) is 0 Å². The quantitative estimate of drug-likeness (QED) is 0.545. The molecule has 0 bridgehead atoms. The first-order valence-electron chi connectivity index (χ1n) is 9.74. The van der Waals surface area contributed by atoms with E-state index >= 15 is 0 Å². The van der Waals surface area contributed by atoms with Crippen LogP contribution in [-0.4, -0.2) is 34.6 Å². The Morgan fingerprint density at radius 3 is 2.21 bits per heavy atom. The number of hydrogen-bond acceptors (Lipinski definition) is 4. The van der Waals surface area contributed by atoms with E-state index in [2.05, 4.69) is 68.5 Å². The van der Waals surface area contributed by atoms with E-state index in [1.807, 2.05) is 13.0 Å². The molecule has 2 aromatic rings. The van der Waals surface area contributed by atoms with Crippen LogP contribution in [0.2, 0.25) is 13.1 Å². The van der Waals surface area contributed by atoms with Crippen molar-refractivity contribution in [2.75, 3.05) is 6.26 Å². The van der Waals surface area contributed by atoms with Crippen LogP contribution in [0.1, 0.15) is 30.6 Å². The monoisotopic (exact) mass is 418 g/mol. The highest BCUT2D eigenvalue weighted by Gasteiger charge is 2.46. The molecule has 0 radical (unpaired) electrons. The number of aryl methyl sites for hydroxylation is 1. The molecule has 2 aromatic carbocycles. The molecule has 0 aliphatic carbocycles. The lowest BCUT2D eigenvalue weighted by atomic mass is 9.88. The molecule has 0 unspecified atom stereocenters. The molecule has 152 valence electrons. The zero-order chi connectivity index (χ0) is 20.5. The van der Waals surface area contributed by atoms with Gasteiger partial charge in [-0.05, 0) is 18.9 Å². The average molecular weight is 419 g/mol. The Morgan fingerprint density at radius 2 is 1.64 bits per heavy atom. The fraction of sp³-hybridized carbons (Fsp3) is 0.455. The SMILES string of the molecule is Cc1ccc([C@H]2O[C@@H]([Si](C)(C)c3ccccc3)C[C@@H](OS(C)(=O)=O)[C@H]2C)cc1. The molecule has 6 heteroatoms. The molecule has 4 nitrogen and oxygen atoms in total. The van der Waals surface area contributed by atoms with Crippen molar-refractivity contribution in [3.8, 4) is 0 Å². The van der Waals surface area contributed by atoms with Gasteiger partial charge in [0, 0.05) is 5.92 Å². The van der Waals surface area contributed by atoms with Crippen LogP contribution in [0.5, 0.6) is 0 Å². The van der Waals surface area contributed by atoms with Crippen molar-refractivity contribution in [1.29, 1.82) is 0 Å². The van der Waals surface area contributed by atoms with Gasteiger partial charge in [-0.15, -0.1) is 0 Å². The van der Waals surface area contributed by atoms with Gasteiger partial charge in [-0.1, -0.05) is 85.4 Å². The maximum Gasteiger partial charge on any atom is 0.264 e. The molecule has 0 amide bonds. The van der Waals surface area contributed by atoms with Crippen molar-refractivity contribution in [3.63, 3.8) is 0 Å². The van der Waals surface area contributed by atoms with Crippen molar-refractivity contribution < 1.29 is 17.3 Å². The van der Waals surface area contributed by atoms with Crippen molar-refractivity contribution in [2.24, 2.45) is 5.92 Å². The van der Waals surface area contributed by atoms with Crippen LogP contribution >= 0.6 is 0 Å². The van der Waals surface area contributed by atoms with Gasteiger partial charge in [0.15, 0.2) is 0 Å². The highest BCUT2D eigenvalue weighted by atomic mass is 32.2. The van der Waals surface area contributed by atoms with E-state index in [0.717, 1.165) is 11.8 Å². The molecule has 1 aliphatic heterocycles. The zero-order valence-electron chi connectivity index (χ0n) is 17.3. The van der Waals surface area contributed by atoms with Crippen molar-refractivity contribution in [3.05, 3.63) is 65.7 Å². The van der Waals surface area contributed by atoms with Gasteiger partial charge < -0.3 is 4.74 Å². The van der Waals surface area contributed by atoms with E-state index in [4.69, 9.17) is 8.92 Å². The fourth-order valence-electron chi connectivity index (χ4n) is 3.99. The largest absolute Gasteiger partial charge is 0.373 e. The first-order chi connectivity index (χ1) is 13.1. The maximum absolute atomic E-state index is 11.9. The summed E-state index contributed by atoms with van der Waals surface area (Å²) < 4.78 is 36.0. The van der Waals surface area contributed by atoms with Crippen molar-refractivity contribution in [1.82, 2.24) is 0 Å². The summed E-state index contributed by atoms with van der Waals surface area (Å²) in [5.74, 6) is -0.0609. The Labute approximate surface area is 170 Å². The lowest BCUT2D eigenvalue weighted by molar-refractivity contribution is -0.0978. The summed E-state index contributed by atoms with van der Waals surface area (Å²) in [7, 11) is -5.55. The molecule has 0 N–H and O–H groups in total. The predicted molar refractivity (Wildman–Crippen MR) is 116 cm³/mol. The van der Waals surface area contributed by atoms with E-state index in [9.17, 15) is 8.42 Å². The summed E-state index contributed by atoms with van der Waals surface area (Å²) in [6.07, 6.45) is 1.13. The van der Waals surface area contributed by atoms with Crippen LogP contribution in [0.4, 0.5) is 0 Å². The van der Waals surface area contributed by atoms with Gasteiger partial charge in [0.25, 0.3) is 10.1 Å². The smallest absolute Gasteiger partial charge is 0.264 e. The fourth-order valence-corrected chi connectivity index (χ4v) is 7.42. The van der Waals surface area contributed by atoms with Crippen LogP contribution in [0.25, 0.3) is 0 Å². The summed E-state index contributed by atoms with van der Waals surface area (Å²) in [6, 6.07) is 18.7. The number of benzene rings is 2. The summed E-state index contributed by atoms with van der Waals surface area (Å²) in [4.78, 5) is 0. The first-order valence-corrected chi connectivity index (χ1v) is 14.6. The van der Waals surface area contributed by atoms with E-state index in [-0.39, 0.29) is 17.7 Å². The van der Waals surface area contributed by atoms with Crippen LogP contribution in [0.15, 0.2) is 54.6 Å². The molecule has 1 aliphatic rings. The molecular formula is C22H30O4SSi. The second kappa shape index (κ2) is 8.11. The Morgan fingerprint density at radius 1 is 1.04 bits per heavy atom. The van der Waals surface area contributed by atoms with E-state index in [0.29, 0.717) is 6.42 Å². The van der Waals surface area contributed by atoms with Gasteiger partial charge in [-0.25, -0.2) is 0 Å². The Hall–Kier alpha value is -1.47. The van der Waals surface area contributed by atoms with Gasteiger partial charge in [0.05, 0.1) is 24.2 Å². The van der Waals surface area contributed by atoms with E-state index in [1.165, 1.54) is 10.8 Å². The summed E-state index contributed by atoms with van der Waals surface area (Å²) >= 11 is 0. The van der Waals surface area contributed by atoms with E-state index in [1.54, 1.807) is 0 Å². The van der Waals surface area contributed by atoms with Gasteiger partial charge >= 0.3 is 0 Å². The van der Waals surface area contributed by atoms with Crippen LogP contribution < -0.4 is 5.19 Å². The standard InChI is InChI=1S/C22H30O4SSi/c1-16-11-13-18(14-12-16)22-17(2)20(26-27(3,23)24)15-21(25-22)28(4,5)19-9-7-6-8-10-19/h6-14,17,20-22H,15H2,1-5H3/t17-,20-,21+,22+/m1/s1. The Balaban J connectivity index is 1.97. The Bertz CT molecular complexity index is 894. The molecule has 1 heterocycles. The van der Waals surface area contributed by atoms with Crippen molar-refractivity contribution >= 4 is 23.4 Å². The minimum absolute atomic E-state index is 0.0378. The number of ether oxygens (including phenoxy) is 1. The van der Waals surface area contributed by atoms with Gasteiger partial charge in [-0.2, -0.15) is 8.42 Å². The van der Waals surface area contributed by atoms with Crippen LogP contribution in [0, 0.1) is 12.8 Å². The summed E-state index contributed by atoms with van der Waals surface area (Å²) in [5, 5.41) is 1.30. The van der Waals surface area contributed by atoms with Crippen LogP contribution in [-0.2, 0) is 19.0 Å². The lowest BCUT2D eigenvalue weighted by Gasteiger charge is -2.45. The summed E-state index contributed by atoms with van der Waals surface area (Å²) in [6.45, 7) is 8.64. The van der Waals surface area contributed by atoms with Crippen molar-refractivity contribution in [2.45, 2.75) is 51.3 Å². The second-order valence-corrected chi connectivity index (χ2v) is 14.7. The minimum atomic E-state index is -3.54. The zero-order valence-corrected chi connectivity index (χ0v) is 19.1. The summed E-state index contributed by atoms with van der Waals surface area (Å²) in [5.41, 5.74) is 2.22. The van der Waals surface area contributed by atoms with Gasteiger partial charge in [-0.3, -0.25) is 4.18 Å². The number of hydrogen-bond donors (Lipinski definition) is 0. The topological polar surface area (TPSA) is 52.6 Å². The molecule has 28 heavy (non-hydrogen) atoms. The molecule has 4 atom stereocenters. The van der Waals surface area contributed by atoms with Gasteiger partial charge in [0.1, 0.15) is 8.07 Å². The third-order valence-electron chi connectivity index (χ3n) is 5.85. The first kappa shape index (κ1) is 21.2. The molecular weight excluding hydrogens is 388 g/mol. The molecule has 1 fully saturated rings. The average Bonchev–Trinajstić information content (AvgIpc) is 2.64. The van der Waals surface area contributed by atoms with E-state index < -0.39 is 24.3 Å². The normalized spacial score (nSPS) is 26.2. The predicted octanol–water partition coefficient (Wildman–Crippen LogP) is 3.96. The second-order valence-electron chi connectivity index (χ2n) is 8.48. The third kappa shape index (κ3) is 4.74. The number of rotatable bonds is 5. The third-order valence-corrected chi connectivity index (χ3v) is 10.2.